The number of likely N-dealkylation sites (N-methyl/N-ethyl adjacent to an activating group) is 1. The van der Waals surface area contributed by atoms with E-state index in [1.54, 1.807) is 0 Å². The highest BCUT2D eigenvalue weighted by Gasteiger charge is 2.30. The number of amides is 1. The molecule has 3 atom stereocenters. The number of unbranched alkanes of at least 4 members (excludes halogenated alkanes) is 29. The quantitative estimate of drug-likeness (QED) is 0.0205. The lowest BCUT2D eigenvalue weighted by molar-refractivity contribution is -0.870. The molecule has 0 saturated heterocycles. The lowest BCUT2D eigenvalue weighted by Gasteiger charge is -2.27. The van der Waals surface area contributed by atoms with Gasteiger partial charge in [0.1, 0.15) is 19.3 Å². The molecule has 0 radical (unpaired) electrons. The molecule has 0 aliphatic heterocycles. The van der Waals surface area contributed by atoms with Gasteiger partial charge in [0.25, 0.3) is 0 Å². The van der Waals surface area contributed by atoms with Crippen LogP contribution in [0.3, 0.4) is 0 Å². The zero-order valence-corrected chi connectivity index (χ0v) is 53.7. The fourth-order valence-corrected chi connectivity index (χ4v) is 9.91. The highest BCUT2D eigenvalue weighted by atomic mass is 31.2. The molecule has 0 aliphatic carbocycles. The van der Waals surface area contributed by atoms with Crippen molar-refractivity contribution in [2.45, 2.75) is 296 Å². The summed E-state index contributed by atoms with van der Waals surface area (Å²) >= 11 is 0. The number of allylic oxidation sites excluding steroid dienone is 15. The number of carbonyl (C=O) groups excluding carboxylic acids is 2. The van der Waals surface area contributed by atoms with Crippen LogP contribution in [0.15, 0.2) is 97.2 Å². The number of carbonyl (C=O) groups is 2. The van der Waals surface area contributed by atoms with Gasteiger partial charge in [-0.3, -0.25) is 18.6 Å². The van der Waals surface area contributed by atoms with Crippen LogP contribution in [-0.2, 0) is 27.9 Å². The minimum atomic E-state index is -4.46. The normalized spacial score (nSPS) is 14.2. The summed E-state index contributed by atoms with van der Waals surface area (Å²) in [6.45, 7) is 6.87. The van der Waals surface area contributed by atoms with Crippen molar-refractivity contribution in [2.75, 3.05) is 40.9 Å². The summed E-state index contributed by atoms with van der Waals surface area (Å²) in [6.07, 6.45) is 79.7. The van der Waals surface area contributed by atoms with E-state index in [9.17, 15) is 19.0 Å². The first-order valence-electron chi connectivity index (χ1n) is 33.1. The van der Waals surface area contributed by atoms with E-state index in [0.717, 1.165) is 128 Å². The minimum absolute atomic E-state index is 0.0324. The lowest BCUT2D eigenvalue weighted by atomic mass is 10.0. The second-order valence-electron chi connectivity index (χ2n) is 23.3. The van der Waals surface area contributed by atoms with E-state index in [1.807, 2.05) is 33.3 Å². The van der Waals surface area contributed by atoms with E-state index < -0.39 is 20.0 Å². The number of phosphoric acid groups is 1. The SMILES string of the molecule is CC/C=C/C/C=C/C/C=C/CCCCCCCCC(=O)NC(COP(=O)(O)OCC[N+](C)(C)C)C(/C=C\CCCCCCCCCCCCC)OC(=O)CCCCCCCCCCC/C=C\C/C=C\C/C=C\C/C=C\CCCCC. The van der Waals surface area contributed by atoms with E-state index in [4.69, 9.17) is 13.8 Å². The number of rotatable bonds is 59. The molecule has 0 fully saturated rings. The van der Waals surface area contributed by atoms with Crippen LogP contribution in [0.25, 0.3) is 0 Å². The van der Waals surface area contributed by atoms with Crippen LogP contribution in [0.5, 0.6) is 0 Å². The number of phosphoric ester groups is 1. The predicted octanol–water partition coefficient (Wildman–Crippen LogP) is 20.7. The average molecular weight is 1140 g/mol. The molecule has 0 bridgehead atoms. The third kappa shape index (κ3) is 59.5. The predicted molar refractivity (Wildman–Crippen MR) is 346 cm³/mol. The first kappa shape index (κ1) is 76.9. The summed E-state index contributed by atoms with van der Waals surface area (Å²) in [6, 6.07) is -0.864. The Morgan fingerprint density at radius 2 is 0.800 bits per heavy atom. The van der Waals surface area contributed by atoms with Gasteiger partial charge in [-0.05, 0) is 109 Å². The Kier molecular flexibility index (Phi) is 56.8. The topological polar surface area (TPSA) is 111 Å². The molecule has 3 unspecified atom stereocenters. The van der Waals surface area contributed by atoms with Crippen molar-refractivity contribution in [3.63, 3.8) is 0 Å². The Labute approximate surface area is 494 Å². The van der Waals surface area contributed by atoms with Crippen molar-refractivity contribution in [1.29, 1.82) is 0 Å². The molecule has 0 aromatic rings. The molecule has 0 heterocycles. The van der Waals surface area contributed by atoms with Gasteiger partial charge in [-0.15, -0.1) is 0 Å². The number of quaternary nitrogens is 1. The number of esters is 1. The third-order valence-corrected chi connectivity index (χ3v) is 15.2. The highest BCUT2D eigenvalue weighted by Crippen LogP contribution is 2.43. The molecule has 0 aromatic heterocycles. The molecule has 1 amide bonds. The first-order chi connectivity index (χ1) is 38.9. The number of nitrogens with one attached hydrogen (secondary N) is 1. The van der Waals surface area contributed by atoms with Crippen molar-refractivity contribution in [3.05, 3.63) is 97.2 Å². The highest BCUT2D eigenvalue weighted by molar-refractivity contribution is 7.47. The zero-order chi connectivity index (χ0) is 58.6. The van der Waals surface area contributed by atoms with Gasteiger partial charge >= 0.3 is 13.8 Å². The smallest absolute Gasteiger partial charge is 0.456 e. The summed E-state index contributed by atoms with van der Waals surface area (Å²) in [5, 5.41) is 3.05. The second-order valence-corrected chi connectivity index (χ2v) is 24.7. The fourth-order valence-electron chi connectivity index (χ4n) is 9.17. The summed E-state index contributed by atoms with van der Waals surface area (Å²) in [7, 11) is 1.47. The summed E-state index contributed by atoms with van der Waals surface area (Å²) in [5.41, 5.74) is 0. The lowest BCUT2D eigenvalue weighted by Crippen LogP contribution is -2.47. The van der Waals surface area contributed by atoms with Crippen molar-refractivity contribution >= 4 is 19.7 Å². The van der Waals surface area contributed by atoms with Gasteiger partial charge in [-0.2, -0.15) is 0 Å². The Morgan fingerprint density at radius 3 is 1.23 bits per heavy atom. The molecular formula is C70H126N2O7P+. The Bertz CT molecular complexity index is 1690. The average Bonchev–Trinajstić information content (AvgIpc) is 3.42. The van der Waals surface area contributed by atoms with E-state index in [-0.39, 0.29) is 31.5 Å². The van der Waals surface area contributed by atoms with E-state index in [0.29, 0.717) is 17.4 Å². The third-order valence-electron chi connectivity index (χ3n) is 14.3. The number of hydrogen-bond acceptors (Lipinski definition) is 6. The van der Waals surface area contributed by atoms with Crippen LogP contribution in [0.4, 0.5) is 0 Å². The van der Waals surface area contributed by atoms with E-state index in [1.165, 1.54) is 122 Å². The largest absolute Gasteiger partial charge is 0.472 e. The molecule has 0 aliphatic rings. The van der Waals surface area contributed by atoms with Crippen molar-refractivity contribution in [1.82, 2.24) is 5.32 Å². The van der Waals surface area contributed by atoms with Crippen LogP contribution in [0.1, 0.15) is 284 Å². The molecular weight excluding hydrogens is 1010 g/mol. The maximum atomic E-state index is 13.6. The number of nitrogens with zero attached hydrogens (tertiary/aromatic N) is 1. The maximum absolute atomic E-state index is 13.6. The van der Waals surface area contributed by atoms with Gasteiger partial charge in [0.2, 0.25) is 5.91 Å². The standard InChI is InChI=1S/C70H125N2O7P/c1-7-10-13-16-19-22-25-28-30-32-33-34-35-36-37-38-39-40-42-45-48-51-54-57-60-63-70(74)79-68(61-58-55-52-49-46-43-27-24-21-18-15-12-9-3)67(66-78-80(75,76)77-65-64-72(4,5)6)71-69(73)62-59-56-53-50-47-44-41-31-29-26-23-20-17-14-11-8-2/h11,14,19-20,22-23,28-31,33-34,36-37,58,61,67-68H,7-10,12-13,15-18,21,24-27,32,35,38-57,59-60,62-66H2,1-6H3,(H-,71,73,75,76)/p+1/b14-11+,22-19-,23-20+,30-28-,31-29+,34-33-,37-36-,61-58-. The van der Waals surface area contributed by atoms with Gasteiger partial charge < -0.3 is 19.4 Å². The minimum Gasteiger partial charge on any atom is -0.456 e. The van der Waals surface area contributed by atoms with Crippen LogP contribution < -0.4 is 5.32 Å². The van der Waals surface area contributed by atoms with Crippen LogP contribution in [-0.4, -0.2) is 74.3 Å². The van der Waals surface area contributed by atoms with Gasteiger partial charge in [-0.25, -0.2) is 4.57 Å². The zero-order valence-electron chi connectivity index (χ0n) is 52.8. The fraction of sp³-hybridized carbons (Fsp3) is 0.743. The summed E-state index contributed by atoms with van der Waals surface area (Å²) in [5.74, 6) is -0.527. The van der Waals surface area contributed by atoms with Gasteiger partial charge in [0.15, 0.2) is 0 Å². The van der Waals surface area contributed by atoms with Crippen molar-refractivity contribution in [2.24, 2.45) is 0 Å². The molecule has 9 nitrogen and oxygen atoms in total. The monoisotopic (exact) mass is 1140 g/mol. The number of hydrogen-bond donors (Lipinski definition) is 2. The maximum Gasteiger partial charge on any atom is 0.472 e. The second kappa shape index (κ2) is 59.1. The molecule has 80 heavy (non-hydrogen) atoms. The molecule has 0 saturated carbocycles. The molecule has 0 rings (SSSR count). The van der Waals surface area contributed by atoms with E-state index >= 15 is 0 Å². The van der Waals surface area contributed by atoms with Crippen molar-refractivity contribution < 1.29 is 37.3 Å². The van der Waals surface area contributed by atoms with Crippen molar-refractivity contribution in [3.8, 4) is 0 Å². The Hall–Kier alpha value is -3.07. The van der Waals surface area contributed by atoms with Gasteiger partial charge in [0.05, 0.1) is 33.8 Å². The first-order valence-corrected chi connectivity index (χ1v) is 34.6. The number of ether oxygens (including phenoxy) is 1. The van der Waals surface area contributed by atoms with Crippen LogP contribution >= 0.6 is 7.82 Å². The molecule has 10 heteroatoms. The van der Waals surface area contributed by atoms with Crippen LogP contribution in [0.2, 0.25) is 0 Å². The molecule has 0 spiro atoms. The Balaban J connectivity index is 5.20. The van der Waals surface area contributed by atoms with Crippen LogP contribution in [0, 0.1) is 0 Å². The van der Waals surface area contributed by atoms with Gasteiger partial charge in [-0.1, -0.05) is 260 Å². The van der Waals surface area contributed by atoms with Gasteiger partial charge in [0, 0.05) is 12.8 Å². The van der Waals surface area contributed by atoms with E-state index in [2.05, 4.69) is 111 Å². The summed E-state index contributed by atoms with van der Waals surface area (Å²) < 4.78 is 30.7. The molecule has 2 N–H and O–H groups in total. The Morgan fingerprint density at radius 1 is 0.450 bits per heavy atom. The molecule has 0 aromatic carbocycles. The molecule has 462 valence electrons. The summed E-state index contributed by atoms with van der Waals surface area (Å²) in [4.78, 5) is 37.8.